The smallest absolute Gasteiger partial charge is 0.304 e. The average molecular weight is 383 g/mol. The summed E-state index contributed by atoms with van der Waals surface area (Å²) in [5.74, 6) is 0.293. The van der Waals surface area contributed by atoms with Crippen LogP contribution in [0.15, 0.2) is 35.0 Å². The van der Waals surface area contributed by atoms with E-state index in [0.29, 0.717) is 23.0 Å². The number of hydrogen-bond acceptors (Lipinski definition) is 7. The van der Waals surface area contributed by atoms with E-state index in [1.54, 1.807) is 33.5 Å². The zero-order valence-electron chi connectivity index (χ0n) is 16.1. The van der Waals surface area contributed by atoms with Gasteiger partial charge in [0.05, 0.1) is 32.1 Å². The summed E-state index contributed by atoms with van der Waals surface area (Å²) in [6, 6.07) is 5.65. The van der Waals surface area contributed by atoms with E-state index in [-0.39, 0.29) is 12.3 Å². The molecule has 146 valence electrons. The minimum absolute atomic E-state index is 0.199. The maximum Gasteiger partial charge on any atom is 0.304 e. The Labute approximate surface area is 162 Å². The van der Waals surface area contributed by atoms with Crippen LogP contribution < -0.4 is 9.47 Å². The molecule has 0 fully saturated rings. The Morgan fingerprint density at radius 2 is 1.79 bits per heavy atom. The van der Waals surface area contributed by atoms with Crippen molar-refractivity contribution in [2.75, 3.05) is 14.2 Å². The summed E-state index contributed by atoms with van der Waals surface area (Å²) in [5.41, 5.74) is 3.11. The predicted molar refractivity (Wildman–Crippen MR) is 101 cm³/mol. The average Bonchev–Trinajstić information content (AvgIpc) is 3.11. The second kappa shape index (κ2) is 8.08. The molecule has 0 spiro atoms. The molecule has 2 heterocycles. The maximum absolute atomic E-state index is 11.4. The molecule has 0 saturated heterocycles. The summed E-state index contributed by atoms with van der Waals surface area (Å²) in [7, 11) is 3.17. The standard InChI is InChI=1S/C20H21N3O5/c1-11-5-16(26-3)19(17(6-11)27-4)14-7-13(9-21-10-14)15(8-18(24)25)20-23-22-12(2)28-20/h5-7,9-10,15H,8H2,1-4H3,(H,24,25). The van der Waals surface area contributed by atoms with Crippen LogP contribution in [0.4, 0.5) is 0 Å². The lowest BCUT2D eigenvalue weighted by Gasteiger charge is -2.16. The van der Waals surface area contributed by atoms with Crippen LogP contribution in [0.5, 0.6) is 11.5 Å². The van der Waals surface area contributed by atoms with Crippen LogP contribution in [0.3, 0.4) is 0 Å². The number of aromatic nitrogens is 3. The second-order valence-corrected chi connectivity index (χ2v) is 6.36. The first-order chi connectivity index (χ1) is 13.4. The summed E-state index contributed by atoms with van der Waals surface area (Å²) < 4.78 is 16.6. The van der Waals surface area contributed by atoms with E-state index in [4.69, 9.17) is 13.9 Å². The number of pyridine rings is 1. The molecule has 0 aliphatic rings. The molecule has 0 radical (unpaired) electrons. The molecule has 1 N–H and O–H groups in total. The summed E-state index contributed by atoms with van der Waals surface area (Å²) in [6.07, 6.45) is 3.08. The molecule has 1 atom stereocenters. The van der Waals surface area contributed by atoms with Gasteiger partial charge in [0.2, 0.25) is 11.8 Å². The van der Waals surface area contributed by atoms with E-state index in [1.165, 1.54) is 0 Å². The van der Waals surface area contributed by atoms with Gasteiger partial charge < -0.3 is 19.0 Å². The molecule has 8 nitrogen and oxygen atoms in total. The van der Waals surface area contributed by atoms with Crippen molar-refractivity contribution in [1.82, 2.24) is 15.2 Å². The normalized spacial score (nSPS) is 11.9. The molecule has 0 amide bonds. The quantitative estimate of drug-likeness (QED) is 0.662. The van der Waals surface area contributed by atoms with E-state index in [9.17, 15) is 9.90 Å². The molecule has 1 aromatic carbocycles. The maximum atomic E-state index is 11.4. The van der Waals surface area contributed by atoms with Crippen LogP contribution in [0.1, 0.15) is 35.2 Å². The summed E-state index contributed by atoms with van der Waals surface area (Å²) in [6.45, 7) is 3.61. The first kappa shape index (κ1) is 19.3. The molecule has 8 heteroatoms. The number of methoxy groups -OCH3 is 2. The van der Waals surface area contributed by atoms with Gasteiger partial charge in [0, 0.05) is 24.9 Å². The monoisotopic (exact) mass is 383 g/mol. The third-order valence-electron chi connectivity index (χ3n) is 4.32. The van der Waals surface area contributed by atoms with E-state index >= 15 is 0 Å². The van der Waals surface area contributed by atoms with Crippen LogP contribution in [-0.4, -0.2) is 40.5 Å². The van der Waals surface area contributed by atoms with Crippen LogP contribution in [0, 0.1) is 13.8 Å². The van der Waals surface area contributed by atoms with E-state index in [0.717, 1.165) is 16.7 Å². The number of carboxylic acids is 1. The van der Waals surface area contributed by atoms with Gasteiger partial charge in [-0.1, -0.05) is 0 Å². The molecule has 3 aromatic rings. The number of aryl methyl sites for hydroxylation is 2. The largest absolute Gasteiger partial charge is 0.496 e. The molecule has 28 heavy (non-hydrogen) atoms. The van der Waals surface area contributed by atoms with E-state index in [1.807, 2.05) is 25.1 Å². The fraction of sp³-hybridized carbons (Fsp3) is 0.300. The van der Waals surface area contributed by atoms with E-state index < -0.39 is 11.9 Å². The molecular weight excluding hydrogens is 362 g/mol. The van der Waals surface area contributed by atoms with Crippen LogP contribution in [0.25, 0.3) is 11.1 Å². The lowest BCUT2D eigenvalue weighted by Crippen LogP contribution is -2.09. The number of ether oxygens (including phenoxy) is 2. The summed E-state index contributed by atoms with van der Waals surface area (Å²) in [4.78, 5) is 15.7. The molecule has 0 saturated carbocycles. The van der Waals surface area contributed by atoms with Gasteiger partial charge in [-0.3, -0.25) is 9.78 Å². The van der Waals surface area contributed by atoms with Gasteiger partial charge in [0.1, 0.15) is 11.5 Å². The molecule has 0 aliphatic heterocycles. The number of benzene rings is 1. The molecule has 2 aromatic heterocycles. The molecular formula is C20H21N3O5. The topological polar surface area (TPSA) is 108 Å². The van der Waals surface area contributed by atoms with Crippen molar-refractivity contribution < 1.29 is 23.8 Å². The fourth-order valence-corrected chi connectivity index (χ4v) is 3.09. The number of rotatable bonds is 7. The van der Waals surface area contributed by atoms with Crippen molar-refractivity contribution in [3.05, 3.63) is 53.5 Å². The molecule has 3 rings (SSSR count). The summed E-state index contributed by atoms with van der Waals surface area (Å²) >= 11 is 0. The Kier molecular flexibility index (Phi) is 5.58. The number of aliphatic carboxylic acids is 1. The predicted octanol–water partition coefficient (Wildman–Crippen LogP) is 3.37. The Morgan fingerprint density at radius 1 is 1.11 bits per heavy atom. The molecule has 0 bridgehead atoms. The number of carboxylic acid groups (broad SMARTS) is 1. The highest BCUT2D eigenvalue weighted by molar-refractivity contribution is 5.78. The number of carbonyl (C=O) groups is 1. The highest BCUT2D eigenvalue weighted by Crippen LogP contribution is 2.40. The molecule has 1 unspecified atom stereocenters. The highest BCUT2D eigenvalue weighted by atomic mass is 16.5. The zero-order chi connectivity index (χ0) is 20.3. The first-order valence-corrected chi connectivity index (χ1v) is 8.62. The highest BCUT2D eigenvalue weighted by Gasteiger charge is 2.25. The Balaban J connectivity index is 2.12. The van der Waals surface area contributed by atoms with Crippen molar-refractivity contribution in [3.63, 3.8) is 0 Å². The van der Waals surface area contributed by atoms with Crippen molar-refractivity contribution in [1.29, 1.82) is 0 Å². The Morgan fingerprint density at radius 3 is 2.32 bits per heavy atom. The van der Waals surface area contributed by atoms with Gasteiger partial charge in [-0.05, 0) is 36.2 Å². The Bertz CT molecular complexity index is 974. The summed E-state index contributed by atoms with van der Waals surface area (Å²) in [5, 5.41) is 17.2. The van der Waals surface area contributed by atoms with Crippen LogP contribution in [0.2, 0.25) is 0 Å². The lowest BCUT2D eigenvalue weighted by molar-refractivity contribution is -0.137. The minimum atomic E-state index is -0.975. The van der Waals surface area contributed by atoms with E-state index in [2.05, 4.69) is 15.2 Å². The second-order valence-electron chi connectivity index (χ2n) is 6.36. The van der Waals surface area contributed by atoms with Gasteiger partial charge in [-0.2, -0.15) is 0 Å². The van der Waals surface area contributed by atoms with Crippen molar-refractivity contribution in [2.45, 2.75) is 26.2 Å². The first-order valence-electron chi connectivity index (χ1n) is 8.62. The van der Waals surface area contributed by atoms with Gasteiger partial charge in [0.15, 0.2) is 0 Å². The van der Waals surface area contributed by atoms with Gasteiger partial charge >= 0.3 is 5.97 Å². The lowest BCUT2D eigenvalue weighted by atomic mass is 9.94. The minimum Gasteiger partial charge on any atom is -0.496 e. The van der Waals surface area contributed by atoms with Gasteiger partial charge in [-0.25, -0.2) is 0 Å². The fourth-order valence-electron chi connectivity index (χ4n) is 3.09. The number of nitrogens with zero attached hydrogens (tertiary/aromatic N) is 3. The number of hydrogen-bond donors (Lipinski definition) is 1. The van der Waals surface area contributed by atoms with Gasteiger partial charge in [-0.15, -0.1) is 10.2 Å². The third kappa shape index (κ3) is 3.95. The Hall–Kier alpha value is -3.42. The van der Waals surface area contributed by atoms with Gasteiger partial charge in [0.25, 0.3) is 0 Å². The molecule has 0 aliphatic carbocycles. The SMILES string of the molecule is COc1cc(C)cc(OC)c1-c1cncc(C(CC(=O)O)c2nnc(C)o2)c1. The zero-order valence-corrected chi connectivity index (χ0v) is 16.1. The third-order valence-corrected chi connectivity index (χ3v) is 4.32. The van der Waals surface area contributed by atoms with Crippen LogP contribution in [-0.2, 0) is 4.79 Å². The van der Waals surface area contributed by atoms with Crippen molar-refractivity contribution in [2.24, 2.45) is 0 Å². The van der Waals surface area contributed by atoms with Crippen molar-refractivity contribution in [3.8, 4) is 22.6 Å². The van der Waals surface area contributed by atoms with Crippen molar-refractivity contribution >= 4 is 5.97 Å². The van der Waals surface area contributed by atoms with Crippen LogP contribution >= 0.6 is 0 Å².